The van der Waals surface area contributed by atoms with Crippen molar-refractivity contribution in [1.29, 1.82) is 0 Å². The number of methoxy groups -OCH3 is 1. The normalized spacial score (nSPS) is 23.1. The molecule has 0 N–H and O–H groups in total. The van der Waals surface area contributed by atoms with Crippen molar-refractivity contribution >= 4 is 11.8 Å². The van der Waals surface area contributed by atoms with Crippen LogP contribution in [0.5, 0.6) is 0 Å². The lowest BCUT2D eigenvalue weighted by Gasteiger charge is -1.97. The molecule has 1 saturated heterocycles. The van der Waals surface area contributed by atoms with E-state index in [4.69, 9.17) is 9.47 Å². The van der Waals surface area contributed by atoms with Gasteiger partial charge >= 0.3 is 0 Å². The Morgan fingerprint density at radius 2 is 2.50 bits per heavy atom. The average molecular weight is 162 g/mol. The molecule has 0 saturated carbocycles. The predicted octanol–water partition coefficient (Wildman–Crippen LogP) is 1.15. The number of hydrogen-bond acceptors (Lipinski definition) is 3. The van der Waals surface area contributed by atoms with Gasteiger partial charge in [0.1, 0.15) is 0 Å². The van der Waals surface area contributed by atoms with Crippen LogP contribution in [-0.2, 0) is 9.47 Å². The second-order valence-corrected chi connectivity index (χ2v) is 3.53. The Morgan fingerprint density at radius 3 is 3.10 bits per heavy atom. The molecule has 1 atom stereocenters. The van der Waals surface area contributed by atoms with E-state index in [1.54, 1.807) is 7.11 Å². The van der Waals surface area contributed by atoms with E-state index in [1.165, 1.54) is 11.5 Å². The quantitative estimate of drug-likeness (QED) is 0.432. The zero-order valence-corrected chi connectivity index (χ0v) is 7.15. The van der Waals surface area contributed by atoms with E-state index in [0.29, 0.717) is 6.10 Å². The minimum Gasteiger partial charge on any atom is -0.385 e. The SMILES string of the molecule is COCCCSCC1CO1. The van der Waals surface area contributed by atoms with Crippen LogP contribution in [0.4, 0.5) is 0 Å². The summed E-state index contributed by atoms with van der Waals surface area (Å²) in [7, 11) is 1.74. The highest BCUT2D eigenvalue weighted by molar-refractivity contribution is 7.99. The highest BCUT2D eigenvalue weighted by atomic mass is 32.2. The number of ether oxygens (including phenoxy) is 2. The van der Waals surface area contributed by atoms with Gasteiger partial charge < -0.3 is 9.47 Å². The Labute approximate surface area is 66.3 Å². The second-order valence-electron chi connectivity index (χ2n) is 2.38. The van der Waals surface area contributed by atoms with Gasteiger partial charge in [-0.15, -0.1) is 0 Å². The van der Waals surface area contributed by atoms with E-state index >= 15 is 0 Å². The molecule has 0 bridgehead atoms. The van der Waals surface area contributed by atoms with Crippen LogP contribution in [0.25, 0.3) is 0 Å². The first-order valence-electron chi connectivity index (χ1n) is 3.62. The van der Waals surface area contributed by atoms with Crippen LogP contribution in [-0.4, -0.2) is 37.9 Å². The highest BCUT2D eigenvalue weighted by Gasteiger charge is 2.21. The standard InChI is InChI=1S/C7H14O2S/c1-8-3-2-4-10-6-7-5-9-7/h7H,2-6H2,1H3. The maximum absolute atomic E-state index is 5.06. The van der Waals surface area contributed by atoms with Crippen LogP contribution in [0.3, 0.4) is 0 Å². The lowest BCUT2D eigenvalue weighted by atomic mass is 10.5. The summed E-state index contributed by atoms with van der Waals surface area (Å²) >= 11 is 1.96. The Kier molecular flexibility index (Phi) is 4.18. The molecule has 1 rings (SSSR count). The first kappa shape index (κ1) is 8.37. The van der Waals surface area contributed by atoms with Crippen molar-refractivity contribution in [2.75, 3.05) is 31.8 Å². The zero-order chi connectivity index (χ0) is 7.23. The molecule has 0 amide bonds. The molecule has 1 aliphatic rings. The third-order valence-corrected chi connectivity index (χ3v) is 2.53. The molecule has 0 aromatic carbocycles. The summed E-state index contributed by atoms with van der Waals surface area (Å²) in [5.41, 5.74) is 0. The first-order chi connectivity index (χ1) is 4.93. The zero-order valence-electron chi connectivity index (χ0n) is 6.34. The Hall–Kier alpha value is 0.270. The summed E-state index contributed by atoms with van der Waals surface area (Å²) in [6.07, 6.45) is 1.74. The van der Waals surface area contributed by atoms with Gasteiger partial charge in [0.2, 0.25) is 0 Å². The summed E-state index contributed by atoms with van der Waals surface area (Å²) in [6.45, 7) is 1.87. The Bertz CT molecular complexity index is 83.7. The smallest absolute Gasteiger partial charge is 0.0900 e. The summed E-state index contributed by atoms with van der Waals surface area (Å²) in [4.78, 5) is 0. The number of epoxide rings is 1. The third-order valence-electron chi connectivity index (χ3n) is 1.34. The van der Waals surface area contributed by atoms with Crippen molar-refractivity contribution in [2.45, 2.75) is 12.5 Å². The van der Waals surface area contributed by atoms with Crippen LogP contribution in [0.15, 0.2) is 0 Å². The van der Waals surface area contributed by atoms with Crippen LogP contribution in [0, 0.1) is 0 Å². The fraction of sp³-hybridized carbons (Fsp3) is 1.00. The second kappa shape index (κ2) is 4.99. The van der Waals surface area contributed by atoms with Gasteiger partial charge in [0.15, 0.2) is 0 Å². The van der Waals surface area contributed by atoms with Crippen LogP contribution < -0.4 is 0 Å². The van der Waals surface area contributed by atoms with E-state index < -0.39 is 0 Å². The minimum atomic E-state index is 0.576. The van der Waals surface area contributed by atoms with Gasteiger partial charge in [0, 0.05) is 19.5 Å². The lowest BCUT2D eigenvalue weighted by Crippen LogP contribution is -1.94. The monoisotopic (exact) mass is 162 g/mol. The van der Waals surface area contributed by atoms with Gasteiger partial charge in [-0.3, -0.25) is 0 Å². The van der Waals surface area contributed by atoms with Gasteiger partial charge in [-0.2, -0.15) is 11.8 Å². The highest BCUT2D eigenvalue weighted by Crippen LogP contribution is 2.16. The van der Waals surface area contributed by atoms with Gasteiger partial charge in [-0.1, -0.05) is 0 Å². The fourth-order valence-electron chi connectivity index (χ4n) is 0.684. The molecule has 1 aliphatic heterocycles. The van der Waals surface area contributed by atoms with Crippen LogP contribution in [0.1, 0.15) is 6.42 Å². The van der Waals surface area contributed by atoms with Crippen molar-refractivity contribution in [3.8, 4) is 0 Å². The topological polar surface area (TPSA) is 21.8 Å². The average Bonchev–Trinajstić information content (AvgIpc) is 2.71. The Morgan fingerprint density at radius 1 is 1.70 bits per heavy atom. The lowest BCUT2D eigenvalue weighted by molar-refractivity contribution is 0.200. The third kappa shape index (κ3) is 4.14. The maximum Gasteiger partial charge on any atom is 0.0900 e. The molecular formula is C7H14O2S. The van der Waals surface area contributed by atoms with Crippen molar-refractivity contribution < 1.29 is 9.47 Å². The molecule has 3 heteroatoms. The molecule has 60 valence electrons. The molecule has 0 aromatic rings. The molecule has 1 fully saturated rings. The van der Waals surface area contributed by atoms with Gasteiger partial charge in [0.25, 0.3) is 0 Å². The fourth-order valence-corrected chi connectivity index (χ4v) is 1.63. The minimum absolute atomic E-state index is 0.576. The number of hydrogen-bond donors (Lipinski definition) is 0. The van der Waals surface area contributed by atoms with Crippen molar-refractivity contribution in [3.05, 3.63) is 0 Å². The summed E-state index contributed by atoms with van der Waals surface area (Å²) in [6, 6.07) is 0. The van der Waals surface area contributed by atoms with Gasteiger partial charge in [-0.25, -0.2) is 0 Å². The van der Waals surface area contributed by atoms with E-state index in [9.17, 15) is 0 Å². The van der Waals surface area contributed by atoms with Crippen LogP contribution >= 0.6 is 11.8 Å². The number of rotatable bonds is 6. The van der Waals surface area contributed by atoms with E-state index in [-0.39, 0.29) is 0 Å². The van der Waals surface area contributed by atoms with E-state index in [1.807, 2.05) is 11.8 Å². The summed E-state index contributed by atoms with van der Waals surface area (Å²) in [5.74, 6) is 2.37. The van der Waals surface area contributed by atoms with Crippen molar-refractivity contribution in [3.63, 3.8) is 0 Å². The van der Waals surface area contributed by atoms with E-state index in [0.717, 1.165) is 19.6 Å². The predicted molar refractivity (Wildman–Crippen MR) is 43.6 cm³/mol. The van der Waals surface area contributed by atoms with Crippen LogP contribution in [0.2, 0.25) is 0 Å². The number of thioether (sulfide) groups is 1. The van der Waals surface area contributed by atoms with E-state index in [2.05, 4.69) is 0 Å². The molecule has 0 radical (unpaired) electrons. The Balaban J connectivity index is 1.68. The molecular weight excluding hydrogens is 148 g/mol. The first-order valence-corrected chi connectivity index (χ1v) is 4.77. The van der Waals surface area contributed by atoms with Gasteiger partial charge in [0.05, 0.1) is 12.7 Å². The molecule has 1 heterocycles. The molecule has 1 unspecified atom stereocenters. The maximum atomic E-state index is 5.06. The molecule has 10 heavy (non-hydrogen) atoms. The summed E-state index contributed by atoms with van der Waals surface area (Å²) in [5, 5.41) is 0. The molecule has 0 aliphatic carbocycles. The van der Waals surface area contributed by atoms with Crippen molar-refractivity contribution in [1.82, 2.24) is 0 Å². The molecule has 2 nitrogen and oxygen atoms in total. The van der Waals surface area contributed by atoms with Gasteiger partial charge in [-0.05, 0) is 12.2 Å². The molecule has 0 spiro atoms. The largest absolute Gasteiger partial charge is 0.385 e. The molecule has 0 aromatic heterocycles. The van der Waals surface area contributed by atoms with Crippen molar-refractivity contribution in [2.24, 2.45) is 0 Å². The summed E-state index contributed by atoms with van der Waals surface area (Å²) < 4.78 is 9.98.